The van der Waals surface area contributed by atoms with Crippen LogP contribution in [0.15, 0.2) is 76.3 Å². The molecule has 174 valence electrons. The molecule has 1 amide bonds. The number of nitro groups is 1. The second-order valence-corrected chi connectivity index (χ2v) is 8.18. The molecule has 0 unspecified atom stereocenters. The molecule has 0 aromatic heterocycles. The van der Waals surface area contributed by atoms with E-state index in [2.05, 4.69) is 26.5 Å². The second kappa shape index (κ2) is 11.4. The van der Waals surface area contributed by atoms with Gasteiger partial charge in [-0.2, -0.15) is 5.10 Å². The van der Waals surface area contributed by atoms with Gasteiger partial charge in [0.15, 0.2) is 6.10 Å². The van der Waals surface area contributed by atoms with Crippen LogP contribution in [0.25, 0.3) is 0 Å². The van der Waals surface area contributed by atoms with Gasteiger partial charge < -0.3 is 9.47 Å². The van der Waals surface area contributed by atoms with Crippen molar-refractivity contribution in [1.29, 1.82) is 0 Å². The standard InChI is InChI=1S/C23H17BrClN3O6/c1-14(33-20-9-7-19(8-10-20)28(31)32)22(29)27-26-13-16-12-17(24)4-11-21(16)34-23(30)15-2-5-18(25)6-3-15/h2-14H,1H3,(H,27,29)/b26-13-/t14-/m1/s1. The smallest absolute Gasteiger partial charge is 0.343 e. The quantitative estimate of drug-likeness (QED) is 0.137. The lowest BCUT2D eigenvalue weighted by atomic mass is 10.2. The van der Waals surface area contributed by atoms with Gasteiger partial charge in [-0.15, -0.1) is 0 Å². The summed E-state index contributed by atoms with van der Waals surface area (Å²) in [6.45, 7) is 1.50. The van der Waals surface area contributed by atoms with Crippen molar-refractivity contribution in [3.05, 3.63) is 97.5 Å². The van der Waals surface area contributed by atoms with E-state index in [1.54, 1.807) is 42.5 Å². The maximum atomic E-state index is 12.4. The molecule has 9 nitrogen and oxygen atoms in total. The van der Waals surface area contributed by atoms with E-state index >= 15 is 0 Å². The minimum Gasteiger partial charge on any atom is -0.481 e. The molecule has 0 aliphatic heterocycles. The first-order valence-electron chi connectivity index (χ1n) is 9.74. The largest absolute Gasteiger partial charge is 0.481 e. The molecule has 0 heterocycles. The molecule has 34 heavy (non-hydrogen) atoms. The van der Waals surface area contributed by atoms with Crippen molar-refractivity contribution >= 4 is 51.3 Å². The Bertz CT molecular complexity index is 1230. The van der Waals surface area contributed by atoms with Gasteiger partial charge in [-0.3, -0.25) is 14.9 Å². The number of non-ortho nitro benzene ring substituents is 1. The fraction of sp³-hybridized carbons (Fsp3) is 0.0870. The molecule has 0 spiro atoms. The average Bonchev–Trinajstić information content (AvgIpc) is 2.81. The van der Waals surface area contributed by atoms with Crippen LogP contribution in [0.4, 0.5) is 5.69 Å². The van der Waals surface area contributed by atoms with Gasteiger partial charge in [-0.1, -0.05) is 27.5 Å². The minimum absolute atomic E-state index is 0.0874. The molecule has 0 saturated carbocycles. The second-order valence-electron chi connectivity index (χ2n) is 6.82. The maximum Gasteiger partial charge on any atom is 0.343 e. The summed E-state index contributed by atoms with van der Waals surface area (Å²) in [6, 6.07) is 16.5. The SMILES string of the molecule is C[C@@H](Oc1ccc([N+](=O)[O-])cc1)C(=O)N/N=C\c1cc(Br)ccc1OC(=O)c1ccc(Cl)cc1. The Hall–Kier alpha value is -3.76. The molecule has 0 fully saturated rings. The lowest BCUT2D eigenvalue weighted by Gasteiger charge is -2.12. The number of carbonyl (C=O) groups is 2. The Balaban J connectivity index is 1.63. The van der Waals surface area contributed by atoms with Gasteiger partial charge in [0, 0.05) is 27.2 Å². The predicted octanol–water partition coefficient (Wildman–Crippen LogP) is 5.15. The summed E-state index contributed by atoms with van der Waals surface area (Å²) in [6.07, 6.45) is 0.398. The highest BCUT2D eigenvalue weighted by molar-refractivity contribution is 9.10. The van der Waals surface area contributed by atoms with Gasteiger partial charge in [0.25, 0.3) is 11.6 Å². The van der Waals surface area contributed by atoms with Crippen LogP contribution >= 0.6 is 27.5 Å². The highest BCUT2D eigenvalue weighted by atomic mass is 79.9. The lowest BCUT2D eigenvalue weighted by Crippen LogP contribution is -2.33. The first-order valence-corrected chi connectivity index (χ1v) is 10.9. The summed E-state index contributed by atoms with van der Waals surface area (Å²) in [5, 5.41) is 15.1. The molecular weight excluding hydrogens is 530 g/mol. The van der Waals surface area contributed by atoms with E-state index in [1.807, 2.05) is 0 Å². The van der Waals surface area contributed by atoms with Crippen LogP contribution in [0, 0.1) is 10.1 Å². The van der Waals surface area contributed by atoms with Crippen molar-refractivity contribution in [2.45, 2.75) is 13.0 Å². The predicted molar refractivity (Wildman–Crippen MR) is 129 cm³/mol. The Morgan fingerprint density at radius 2 is 1.79 bits per heavy atom. The number of nitrogens with one attached hydrogen (secondary N) is 1. The molecule has 0 saturated heterocycles. The number of rotatable bonds is 8. The maximum absolute atomic E-state index is 12.4. The van der Waals surface area contributed by atoms with Crippen molar-refractivity contribution in [3.63, 3.8) is 0 Å². The Kier molecular flexibility index (Phi) is 8.34. The third-order valence-corrected chi connectivity index (χ3v) is 5.11. The van der Waals surface area contributed by atoms with Crippen LogP contribution in [0.2, 0.25) is 5.02 Å². The summed E-state index contributed by atoms with van der Waals surface area (Å²) in [7, 11) is 0. The molecule has 0 aliphatic carbocycles. The number of ether oxygens (including phenoxy) is 2. The van der Waals surface area contributed by atoms with E-state index in [-0.39, 0.29) is 11.4 Å². The van der Waals surface area contributed by atoms with Gasteiger partial charge in [0.2, 0.25) is 0 Å². The number of carbonyl (C=O) groups excluding carboxylic acids is 2. The topological polar surface area (TPSA) is 120 Å². The summed E-state index contributed by atoms with van der Waals surface area (Å²) < 4.78 is 11.6. The highest BCUT2D eigenvalue weighted by Gasteiger charge is 2.15. The summed E-state index contributed by atoms with van der Waals surface area (Å²) in [5.41, 5.74) is 3.01. The number of nitrogens with zero attached hydrogens (tertiary/aromatic N) is 2. The molecule has 3 aromatic carbocycles. The van der Waals surface area contributed by atoms with Gasteiger partial charge in [-0.05, 0) is 61.5 Å². The zero-order valence-electron chi connectivity index (χ0n) is 17.6. The molecule has 0 bridgehead atoms. The minimum atomic E-state index is -0.927. The number of halogens is 2. The summed E-state index contributed by atoms with van der Waals surface area (Å²) >= 11 is 9.19. The number of hydrazone groups is 1. The molecule has 1 atom stereocenters. The average molecular weight is 547 g/mol. The Labute approximate surface area is 207 Å². The van der Waals surface area contributed by atoms with Gasteiger partial charge >= 0.3 is 5.97 Å². The molecule has 1 N–H and O–H groups in total. The number of hydrogen-bond acceptors (Lipinski definition) is 7. The highest BCUT2D eigenvalue weighted by Crippen LogP contribution is 2.23. The Morgan fingerprint density at radius 1 is 1.12 bits per heavy atom. The van der Waals surface area contributed by atoms with Gasteiger partial charge in [-0.25, -0.2) is 10.2 Å². The number of nitro benzene ring substituents is 1. The number of esters is 1. The first-order chi connectivity index (χ1) is 16.2. The monoisotopic (exact) mass is 545 g/mol. The van der Waals surface area contributed by atoms with E-state index < -0.39 is 22.9 Å². The zero-order valence-corrected chi connectivity index (χ0v) is 19.9. The van der Waals surface area contributed by atoms with Crippen LogP contribution in [-0.4, -0.2) is 29.1 Å². The van der Waals surface area contributed by atoms with Crippen molar-refractivity contribution in [2.24, 2.45) is 5.10 Å². The molecule has 3 rings (SSSR count). The number of amides is 1. The van der Waals surface area contributed by atoms with Crippen molar-refractivity contribution in [3.8, 4) is 11.5 Å². The number of benzene rings is 3. The van der Waals surface area contributed by atoms with Crippen LogP contribution in [0.3, 0.4) is 0 Å². The van der Waals surface area contributed by atoms with Crippen LogP contribution < -0.4 is 14.9 Å². The van der Waals surface area contributed by atoms with Gasteiger partial charge in [0.1, 0.15) is 11.5 Å². The third-order valence-electron chi connectivity index (χ3n) is 4.36. The lowest BCUT2D eigenvalue weighted by molar-refractivity contribution is -0.384. The molecule has 11 heteroatoms. The van der Waals surface area contributed by atoms with E-state index in [1.165, 1.54) is 37.4 Å². The molecule has 0 aliphatic rings. The zero-order chi connectivity index (χ0) is 24.7. The van der Waals surface area contributed by atoms with E-state index in [0.717, 1.165) is 0 Å². The molecule has 0 radical (unpaired) electrons. The van der Waals surface area contributed by atoms with Gasteiger partial charge in [0.05, 0.1) is 16.7 Å². The van der Waals surface area contributed by atoms with Crippen molar-refractivity contribution in [2.75, 3.05) is 0 Å². The van der Waals surface area contributed by atoms with Crippen molar-refractivity contribution < 1.29 is 24.0 Å². The number of hydrogen-bond donors (Lipinski definition) is 1. The van der Waals surface area contributed by atoms with E-state index in [9.17, 15) is 19.7 Å². The van der Waals surface area contributed by atoms with Crippen LogP contribution in [0.1, 0.15) is 22.8 Å². The van der Waals surface area contributed by atoms with Crippen LogP contribution in [-0.2, 0) is 4.79 Å². The van der Waals surface area contributed by atoms with E-state index in [0.29, 0.717) is 26.4 Å². The third kappa shape index (κ3) is 6.87. The first kappa shape index (κ1) is 24.9. The normalized spacial score (nSPS) is 11.6. The Morgan fingerprint density at radius 3 is 2.44 bits per heavy atom. The van der Waals surface area contributed by atoms with E-state index in [4.69, 9.17) is 21.1 Å². The van der Waals surface area contributed by atoms with Crippen LogP contribution in [0.5, 0.6) is 11.5 Å². The fourth-order valence-electron chi connectivity index (χ4n) is 2.62. The summed E-state index contributed by atoms with van der Waals surface area (Å²) in [4.78, 5) is 34.9. The summed E-state index contributed by atoms with van der Waals surface area (Å²) in [5.74, 6) is -0.607. The fourth-order valence-corrected chi connectivity index (χ4v) is 3.12. The molecule has 3 aromatic rings. The van der Waals surface area contributed by atoms with Crippen molar-refractivity contribution in [1.82, 2.24) is 5.43 Å². The molecular formula is C23H17BrClN3O6.